The van der Waals surface area contributed by atoms with Crippen molar-refractivity contribution in [1.29, 1.82) is 5.41 Å². The molecule has 0 atom stereocenters. The number of aliphatic imine (C=N–C) groups is 1. The Kier molecular flexibility index (Phi) is 2.24. The van der Waals surface area contributed by atoms with Crippen LogP contribution < -0.4 is 11.5 Å². The van der Waals surface area contributed by atoms with Gasteiger partial charge in [-0.15, -0.1) is 10.2 Å². The lowest BCUT2D eigenvalue weighted by Gasteiger charge is -2.26. The molecule has 0 aliphatic carbocycles. The molecule has 0 bridgehead atoms. The number of guanidine groups is 2. The molecule has 2 heterocycles. The van der Waals surface area contributed by atoms with Crippen molar-refractivity contribution in [2.24, 2.45) is 16.5 Å². The fraction of sp³-hybridized carbons (Fsp3) is 0.429. The van der Waals surface area contributed by atoms with Crippen molar-refractivity contribution in [1.82, 2.24) is 19.7 Å². The summed E-state index contributed by atoms with van der Waals surface area (Å²) in [6.07, 6.45) is 1.68. The van der Waals surface area contributed by atoms with E-state index in [1.54, 1.807) is 11.2 Å². The number of nitrogens with zero attached hydrogens (tertiary/aromatic N) is 5. The Labute approximate surface area is 86.1 Å². The number of nitrogens with one attached hydrogen (secondary N) is 1. The molecule has 0 unspecified atom stereocenters. The highest BCUT2D eigenvalue weighted by Gasteiger charge is 2.19. The first-order chi connectivity index (χ1) is 7.16. The maximum atomic E-state index is 7.63. The van der Waals surface area contributed by atoms with Crippen LogP contribution in [0.25, 0.3) is 0 Å². The largest absolute Gasteiger partial charge is 0.370 e. The van der Waals surface area contributed by atoms with Crippen LogP contribution in [0.3, 0.4) is 0 Å². The standard InChI is InChI=1S/C7H12N8/c8-6(9)12-7(10)14-1-2-15-4-11-13-5(15)3-14/h4H,1-3H2,(H5,8,9,10,12). The Morgan fingerprint density at radius 3 is 3.00 bits per heavy atom. The van der Waals surface area contributed by atoms with Crippen molar-refractivity contribution >= 4 is 11.9 Å². The lowest BCUT2D eigenvalue weighted by molar-refractivity contribution is 0.325. The van der Waals surface area contributed by atoms with E-state index in [0.717, 1.165) is 12.4 Å². The zero-order valence-corrected chi connectivity index (χ0v) is 8.09. The van der Waals surface area contributed by atoms with Crippen LogP contribution >= 0.6 is 0 Å². The molecule has 0 spiro atoms. The van der Waals surface area contributed by atoms with Crippen LogP contribution in [-0.2, 0) is 13.1 Å². The first kappa shape index (κ1) is 9.44. The molecule has 5 N–H and O–H groups in total. The van der Waals surface area contributed by atoms with Crippen molar-refractivity contribution in [3.63, 3.8) is 0 Å². The van der Waals surface area contributed by atoms with Gasteiger partial charge in [0.25, 0.3) is 0 Å². The maximum Gasteiger partial charge on any atom is 0.221 e. The summed E-state index contributed by atoms with van der Waals surface area (Å²) in [4.78, 5) is 5.42. The minimum atomic E-state index is -0.105. The molecule has 0 fully saturated rings. The summed E-state index contributed by atoms with van der Waals surface area (Å²) < 4.78 is 1.94. The van der Waals surface area contributed by atoms with Gasteiger partial charge in [0.1, 0.15) is 6.33 Å². The molecule has 0 saturated carbocycles. The second-order valence-electron chi connectivity index (χ2n) is 3.22. The number of hydrogen-bond donors (Lipinski definition) is 3. The third-order valence-corrected chi connectivity index (χ3v) is 2.17. The second kappa shape index (κ2) is 3.56. The molecule has 8 heteroatoms. The van der Waals surface area contributed by atoms with Crippen molar-refractivity contribution in [2.45, 2.75) is 13.1 Å². The third-order valence-electron chi connectivity index (χ3n) is 2.17. The van der Waals surface area contributed by atoms with Gasteiger partial charge in [0.05, 0.1) is 6.54 Å². The van der Waals surface area contributed by atoms with Crippen LogP contribution in [-0.4, -0.2) is 38.1 Å². The molecule has 1 aromatic heterocycles. The van der Waals surface area contributed by atoms with Crippen molar-refractivity contribution < 1.29 is 0 Å². The predicted molar refractivity (Wildman–Crippen MR) is 54.0 cm³/mol. The first-order valence-electron chi connectivity index (χ1n) is 4.46. The summed E-state index contributed by atoms with van der Waals surface area (Å²) in [5.41, 5.74) is 10.4. The molecule has 8 nitrogen and oxygen atoms in total. The van der Waals surface area contributed by atoms with Gasteiger partial charge in [-0.1, -0.05) is 0 Å². The predicted octanol–water partition coefficient (Wildman–Crippen LogP) is -1.70. The van der Waals surface area contributed by atoms with E-state index in [-0.39, 0.29) is 11.9 Å². The van der Waals surface area contributed by atoms with Gasteiger partial charge in [0.15, 0.2) is 11.8 Å². The average molecular weight is 208 g/mol. The van der Waals surface area contributed by atoms with Gasteiger partial charge in [-0.2, -0.15) is 4.99 Å². The minimum absolute atomic E-state index is 0.0595. The number of nitrogens with two attached hydrogens (primary N) is 2. The van der Waals surface area contributed by atoms with Crippen LogP contribution in [0.4, 0.5) is 0 Å². The zero-order valence-electron chi connectivity index (χ0n) is 8.09. The fourth-order valence-electron chi connectivity index (χ4n) is 1.44. The van der Waals surface area contributed by atoms with E-state index in [2.05, 4.69) is 15.2 Å². The Balaban J connectivity index is 2.10. The lowest BCUT2D eigenvalue weighted by atomic mass is 10.4. The number of rotatable bonds is 0. The molecule has 0 saturated heterocycles. The molecular formula is C7H12N8. The summed E-state index contributed by atoms with van der Waals surface area (Å²) >= 11 is 0. The van der Waals surface area contributed by atoms with E-state index in [9.17, 15) is 0 Å². The van der Waals surface area contributed by atoms with Crippen molar-refractivity contribution in [2.75, 3.05) is 6.54 Å². The smallest absolute Gasteiger partial charge is 0.221 e. The highest BCUT2D eigenvalue weighted by molar-refractivity contribution is 5.91. The average Bonchev–Trinajstić information content (AvgIpc) is 2.62. The van der Waals surface area contributed by atoms with E-state index in [0.29, 0.717) is 13.1 Å². The van der Waals surface area contributed by atoms with E-state index in [1.165, 1.54) is 0 Å². The Hall–Kier alpha value is -2.12. The third kappa shape index (κ3) is 1.87. The lowest BCUT2D eigenvalue weighted by Crippen LogP contribution is -2.38. The van der Waals surface area contributed by atoms with Crippen LogP contribution in [0, 0.1) is 5.41 Å². The quantitative estimate of drug-likeness (QED) is 0.346. The second-order valence-corrected chi connectivity index (χ2v) is 3.22. The molecule has 0 aromatic carbocycles. The first-order valence-corrected chi connectivity index (χ1v) is 4.46. The SMILES string of the molecule is N=C(N=C(N)N)N1CCn2cnnc2C1. The van der Waals surface area contributed by atoms with Crippen molar-refractivity contribution in [3.05, 3.63) is 12.2 Å². The van der Waals surface area contributed by atoms with E-state index in [4.69, 9.17) is 16.9 Å². The van der Waals surface area contributed by atoms with E-state index >= 15 is 0 Å². The van der Waals surface area contributed by atoms with E-state index < -0.39 is 0 Å². The van der Waals surface area contributed by atoms with Gasteiger partial charge in [0.2, 0.25) is 5.96 Å². The topological polar surface area (TPSA) is 122 Å². The van der Waals surface area contributed by atoms with Gasteiger partial charge in [0, 0.05) is 13.1 Å². The van der Waals surface area contributed by atoms with Gasteiger partial charge in [-0.3, -0.25) is 5.41 Å². The summed E-state index contributed by atoms with van der Waals surface area (Å²) in [6, 6.07) is 0. The van der Waals surface area contributed by atoms with Crippen molar-refractivity contribution in [3.8, 4) is 0 Å². The summed E-state index contributed by atoms with van der Waals surface area (Å²) in [5, 5.41) is 15.4. The van der Waals surface area contributed by atoms with Crippen LogP contribution in [0.5, 0.6) is 0 Å². The van der Waals surface area contributed by atoms with Gasteiger partial charge in [-0.25, -0.2) is 0 Å². The highest BCUT2D eigenvalue weighted by Crippen LogP contribution is 2.09. The zero-order chi connectivity index (χ0) is 10.8. The fourth-order valence-corrected chi connectivity index (χ4v) is 1.44. The van der Waals surface area contributed by atoms with Crippen LogP contribution in [0.15, 0.2) is 11.3 Å². The summed E-state index contributed by atoms with van der Waals surface area (Å²) in [7, 11) is 0. The molecule has 1 aliphatic rings. The van der Waals surface area contributed by atoms with E-state index in [1.807, 2.05) is 4.57 Å². The molecule has 80 valence electrons. The van der Waals surface area contributed by atoms with Crippen LogP contribution in [0.1, 0.15) is 5.82 Å². The number of hydrogen-bond acceptors (Lipinski definition) is 3. The minimum Gasteiger partial charge on any atom is -0.370 e. The monoisotopic (exact) mass is 208 g/mol. The molecule has 0 amide bonds. The molecule has 2 rings (SSSR count). The van der Waals surface area contributed by atoms with Gasteiger partial charge in [-0.05, 0) is 0 Å². The van der Waals surface area contributed by atoms with Gasteiger partial charge < -0.3 is 20.9 Å². The Morgan fingerprint density at radius 1 is 1.47 bits per heavy atom. The summed E-state index contributed by atoms with van der Waals surface area (Å²) in [6.45, 7) is 1.93. The Bertz CT molecular complexity index is 401. The maximum absolute atomic E-state index is 7.63. The molecular weight excluding hydrogens is 196 g/mol. The van der Waals surface area contributed by atoms with Crippen LogP contribution in [0.2, 0.25) is 0 Å². The molecule has 0 radical (unpaired) electrons. The van der Waals surface area contributed by atoms with Gasteiger partial charge >= 0.3 is 0 Å². The number of fused-ring (bicyclic) bond motifs is 1. The Morgan fingerprint density at radius 2 is 2.27 bits per heavy atom. The number of aromatic nitrogens is 3. The molecule has 15 heavy (non-hydrogen) atoms. The molecule has 1 aromatic rings. The summed E-state index contributed by atoms with van der Waals surface area (Å²) in [5.74, 6) is 0.771. The molecule has 1 aliphatic heterocycles. The highest BCUT2D eigenvalue weighted by atomic mass is 15.4. The normalized spacial score (nSPS) is 14.5.